The lowest BCUT2D eigenvalue weighted by molar-refractivity contribution is 0.0996. The molecule has 3 N–H and O–H groups in total. The molecule has 30 heavy (non-hydrogen) atoms. The SMILES string of the molecule is CCNC(=NCc1ccc(NC(=O)c2ccco2)cc1)NCC(C)c1cccs1.I. The maximum absolute atomic E-state index is 12.0. The Labute approximate surface area is 198 Å². The smallest absolute Gasteiger partial charge is 0.291 e. The molecular formula is C22H27IN4O2S. The third-order valence-corrected chi connectivity index (χ3v) is 5.43. The van der Waals surface area contributed by atoms with Crippen LogP contribution in [0, 0.1) is 0 Å². The largest absolute Gasteiger partial charge is 0.459 e. The van der Waals surface area contributed by atoms with Gasteiger partial charge < -0.3 is 20.4 Å². The second kappa shape index (κ2) is 12.4. The highest BCUT2D eigenvalue weighted by atomic mass is 127. The summed E-state index contributed by atoms with van der Waals surface area (Å²) in [5, 5.41) is 11.6. The first kappa shape index (κ1) is 23.9. The summed E-state index contributed by atoms with van der Waals surface area (Å²) in [6.07, 6.45) is 1.48. The van der Waals surface area contributed by atoms with Gasteiger partial charge in [-0.25, -0.2) is 4.99 Å². The third kappa shape index (κ3) is 7.17. The lowest BCUT2D eigenvalue weighted by atomic mass is 10.1. The summed E-state index contributed by atoms with van der Waals surface area (Å²) >= 11 is 1.77. The fraction of sp³-hybridized carbons (Fsp3) is 0.273. The second-order valence-corrected chi connectivity index (χ2v) is 7.60. The number of furan rings is 1. The van der Waals surface area contributed by atoms with Crippen LogP contribution in [0.15, 0.2) is 69.6 Å². The molecule has 1 aromatic carbocycles. The topological polar surface area (TPSA) is 78.7 Å². The minimum absolute atomic E-state index is 0. The Bertz CT molecular complexity index is 909. The maximum atomic E-state index is 12.0. The van der Waals surface area contributed by atoms with E-state index in [4.69, 9.17) is 4.42 Å². The molecular weight excluding hydrogens is 511 g/mol. The molecule has 0 aliphatic rings. The monoisotopic (exact) mass is 538 g/mol. The highest BCUT2D eigenvalue weighted by Gasteiger charge is 2.09. The van der Waals surface area contributed by atoms with Crippen LogP contribution in [0.1, 0.15) is 40.8 Å². The molecule has 3 rings (SSSR count). The van der Waals surface area contributed by atoms with Crippen LogP contribution in [0.2, 0.25) is 0 Å². The molecule has 2 heterocycles. The van der Waals surface area contributed by atoms with E-state index in [9.17, 15) is 4.79 Å². The number of aliphatic imine (C=N–C) groups is 1. The van der Waals surface area contributed by atoms with Gasteiger partial charge in [-0.05, 0) is 48.2 Å². The Morgan fingerprint density at radius 3 is 2.57 bits per heavy atom. The van der Waals surface area contributed by atoms with Gasteiger partial charge in [-0.3, -0.25) is 4.79 Å². The van der Waals surface area contributed by atoms with Crippen molar-refractivity contribution in [2.45, 2.75) is 26.3 Å². The Morgan fingerprint density at radius 1 is 1.13 bits per heavy atom. The molecule has 1 unspecified atom stereocenters. The number of rotatable bonds is 8. The average Bonchev–Trinajstić information content (AvgIpc) is 3.45. The third-order valence-electron chi connectivity index (χ3n) is 4.33. The number of carbonyl (C=O) groups excluding carboxylic acids is 1. The fourth-order valence-corrected chi connectivity index (χ4v) is 3.52. The van der Waals surface area contributed by atoms with Gasteiger partial charge in [0.2, 0.25) is 0 Å². The molecule has 0 fully saturated rings. The normalized spacial score (nSPS) is 12.0. The fourth-order valence-electron chi connectivity index (χ4n) is 2.73. The van der Waals surface area contributed by atoms with Gasteiger partial charge in [0.1, 0.15) is 0 Å². The zero-order valence-corrected chi connectivity index (χ0v) is 20.2. The van der Waals surface area contributed by atoms with Crippen LogP contribution in [0.3, 0.4) is 0 Å². The quantitative estimate of drug-likeness (QED) is 0.213. The molecule has 0 saturated heterocycles. The van der Waals surface area contributed by atoms with E-state index in [0.717, 1.165) is 24.6 Å². The van der Waals surface area contributed by atoms with Crippen molar-refractivity contribution in [3.05, 3.63) is 76.4 Å². The molecule has 0 spiro atoms. The molecule has 0 aliphatic heterocycles. The number of thiophene rings is 1. The molecule has 2 aromatic heterocycles. The maximum Gasteiger partial charge on any atom is 0.291 e. The average molecular weight is 538 g/mol. The van der Waals surface area contributed by atoms with Gasteiger partial charge in [0.05, 0.1) is 12.8 Å². The number of hydrogen-bond acceptors (Lipinski definition) is 4. The zero-order valence-electron chi connectivity index (χ0n) is 17.1. The van der Waals surface area contributed by atoms with E-state index < -0.39 is 0 Å². The van der Waals surface area contributed by atoms with Crippen molar-refractivity contribution in [1.29, 1.82) is 0 Å². The zero-order chi connectivity index (χ0) is 20.5. The molecule has 160 valence electrons. The summed E-state index contributed by atoms with van der Waals surface area (Å²) in [5.41, 5.74) is 1.78. The van der Waals surface area contributed by atoms with E-state index in [-0.39, 0.29) is 35.6 Å². The van der Waals surface area contributed by atoms with Crippen LogP contribution < -0.4 is 16.0 Å². The van der Waals surface area contributed by atoms with E-state index in [0.29, 0.717) is 18.2 Å². The van der Waals surface area contributed by atoms with Gasteiger partial charge in [-0.2, -0.15) is 0 Å². The number of amides is 1. The highest BCUT2D eigenvalue weighted by molar-refractivity contribution is 14.0. The van der Waals surface area contributed by atoms with Crippen LogP contribution in [-0.4, -0.2) is 25.0 Å². The van der Waals surface area contributed by atoms with Gasteiger partial charge >= 0.3 is 0 Å². The second-order valence-electron chi connectivity index (χ2n) is 6.62. The predicted octanol–water partition coefficient (Wildman–Crippen LogP) is 5.07. The number of halogens is 1. The molecule has 0 radical (unpaired) electrons. The molecule has 0 bridgehead atoms. The molecule has 3 aromatic rings. The van der Waals surface area contributed by atoms with Gasteiger partial charge in [0, 0.05) is 29.6 Å². The van der Waals surface area contributed by atoms with Crippen molar-refractivity contribution in [1.82, 2.24) is 10.6 Å². The number of nitrogens with zero attached hydrogens (tertiary/aromatic N) is 1. The standard InChI is InChI=1S/C22H26N4O2S.HI/c1-3-23-22(24-14-16(2)20-7-5-13-29-20)25-15-17-8-10-18(11-9-17)26-21(27)19-6-4-12-28-19;/h4-13,16H,3,14-15H2,1-2H3,(H,26,27)(H2,23,24,25);1H. The lowest BCUT2D eigenvalue weighted by Crippen LogP contribution is -2.39. The first-order valence-corrected chi connectivity index (χ1v) is 10.5. The van der Waals surface area contributed by atoms with E-state index in [1.807, 2.05) is 24.3 Å². The summed E-state index contributed by atoms with van der Waals surface area (Å²) in [5.74, 6) is 1.25. The van der Waals surface area contributed by atoms with Crippen LogP contribution in [-0.2, 0) is 6.54 Å². The number of anilines is 1. The van der Waals surface area contributed by atoms with Crippen LogP contribution in [0.5, 0.6) is 0 Å². The Hall–Kier alpha value is -2.33. The Morgan fingerprint density at radius 2 is 1.93 bits per heavy atom. The van der Waals surface area contributed by atoms with Gasteiger partial charge in [-0.15, -0.1) is 35.3 Å². The minimum Gasteiger partial charge on any atom is -0.459 e. The lowest BCUT2D eigenvalue weighted by Gasteiger charge is -2.15. The van der Waals surface area contributed by atoms with E-state index >= 15 is 0 Å². The molecule has 6 nitrogen and oxygen atoms in total. The van der Waals surface area contributed by atoms with Crippen LogP contribution >= 0.6 is 35.3 Å². The summed E-state index contributed by atoms with van der Waals surface area (Å²) in [7, 11) is 0. The first-order chi connectivity index (χ1) is 14.2. The van der Waals surface area contributed by atoms with Gasteiger partial charge in [0.25, 0.3) is 5.91 Å². The van der Waals surface area contributed by atoms with Crippen molar-refractivity contribution >= 4 is 52.9 Å². The minimum atomic E-state index is -0.265. The molecule has 0 aliphatic carbocycles. The van der Waals surface area contributed by atoms with Gasteiger partial charge in [0.15, 0.2) is 11.7 Å². The molecule has 0 saturated carbocycles. The summed E-state index contributed by atoms with van der Waals surface area (Å²) in [4.78, 5) is 18.0. The van der Waals surface area contributed by atoms with Crippen molar-refractivity contribution in [2.24, 2.45) is 4.99 Å². The summed E-state index contributed by atoms with van der Waals surface area (Å²) in [6.45, 7) is 6.44. The predicted molar refractivity (Wildman–Crippen MR) is 134 cm³/mol. The van der Waals surface area contributed by atoms with Gasteiger partial charge in [-0.1, -0.05) is 25.1 Å². The molecule has 8 heteroatoms. The van der Waals surface area contributed by atoms with Crippen molar-refractivity contribution in [3.8, 4) is 0 Å². The van der Waals surface area contributed by atoms with Crippen LogP contribution in [0.4, 0.5) is 5.69 Å². The molecule has 1 amide bonds. The van der Waals surface area contributed by atoms with E-state index in [1.165, 1.54) is 11.1 Å². The van der Waals surface area contributed by atoms with Crippen molar-refractivity contribution in [3.63, 3.8) is 0 Å². The number of hydrogen-bond donors (Lipinski definition) is 3. The number of carbonyl (C=O) groups is 1. The van der Waals surface area contributed by atoms with Crippen molar-refractivity contribution < 1.29 is 9.21 Å². The van der Waals surface area contributed by atoms with E-state index in [2.05, 4.69) is 52.3 Å². The number of benzene rings is 1. The van der Waals surface area contributed by atoms with Crippen LogP contribution in [0.25, 0.3) is 0 Å². The summed E-state index contributed by atoms with van der Waals surface area (Å²) in [6, 6.07) is 15.2. The Kier molecular flexibility index (Phi) is 9.88. The van der Waals surface area contributed by atoms with E-state index in [1.54, 1.807) is 23.5 Å². The number of guanidine groups is 1. The molecule has 1 atom stereocenters. The highest BCUT2D eigenvalue weighted by Crippen LogP contribution is 2.19. The van der Waals surface area contributed by atoms with Crippen molar-refractivity contribution in [2.75, 3.05) is 18.4 Å². The summed E-state index contributed by atoms with van der Waals surface area (Å²) < 4.78 is 5.10. The number of nitrogens with one attached hydrogen (secondary N) is 3. The Balaban J connectivity index is 0.00000320. The first-order valence-electron chi connectivity index (χ1n) is 9.65.